The number of carbonyl (C=O) groups is 1. The van der Waals surface area contributed by atoms with Crippen LogP contribution in [0.2, 0.25) is 0 Å². The molecule has 0 aromatic carbocycles. The minimum Gasteiger partial charge on any atom is -0.360 e. The molecule has 0 bridgehead atoms. The Hall–Kier alpha value is -1.16. The maximum atomic E-state index is 10.2. The first kappa shape index (κ1) is 8.93. The van der Waals surface area contributed by atoms with Gasteiger partial charge in [0.2, 0.25) is 0 Å². The minimum atomic E-state index is 0.117. The van der Waals surface area contributed by atoms with Crippen LogP contribution in [0.3, 0.4) is 0 Å². The van der Waals surface area contributed by atoms with Crippen molar-refractivity contribution in [3.63, 3.8) is 0 Å². The standard InChI is InChI=1S/C8H12N2O2/c1-6(2-3-11)8-4-7(5-9)12-10-8/h3-4,6H,2,5,9H2,1H3. The van der Waals surface area contributed by atoms with Crippen LogP contribution in [0.4, 0.5) is 0 Å². The Morgan fingerprint density at radius 3 is 3.08 bits per heavy atom. The van der Waals surface area contributed by atoms with Crippen LogP contribution >= 0.6 is 0 Å². The average molecular weight is 168 g/mol. The summed E-state index contributed by atoms with van der Waals surface area (Å²) in [5, 5.41) is 3.79. The van der Waals surface area contributed by atoms with E-state index in [1.54, 1.807) is 6.07 Å². The zero-order valence-electron chi connectivity index (χ0n) is 6.99. The average Bonchev–Trinajstić information content (AvgIpc) is 2.52. The second-order valence-corrected chi connectivity index (χ2v) is 2.73. The van der Waals surface area contributed by atoms with Gasteiger partial charge in [0.1, 0.15) is 6.29 Å². The normalized spacial score (nSPS) is 12.8. The molecule has 0 aliphatic carbocycles. The SMILES string of the molecule is CC(CC=O)c1cc(CN)on1. The fraction of sp³-hybridized carbons (Fsp3) is 0.500. The van der Waals surface area contributed by atoms with Gasteiger partial charge in [0.05, 0.1) is 12.2 Å². The molecule has 1 aromatic heterocycles. The van der Waals surface area contributed by atoms with Gasteiger partial charge < -0.3 is 15.1 Å². The van der Waals surface area contributed by atoms with Crippen LogP contribution in [0.15, 0.2) is 10.6 Å². The maximum absolute atomic E-state index is 10.2. The van der Waals surface area contributed by atoms with Crippen molar-refractivity contribution in [2.75, 3.05) is 0 Å². The van der Waals surface area contributed by atoms with Gasteiger partial charge in [-0.3, -0.25) is 0 Å². The number of nitrogens with two attached hydrogens (primary N) is 1. The van der Waals surface area contributed by atoms with Crippen LogP contribution < -0.4 is 5.73 Å². The molecule has 0 spiro atoms. The lowest BCUT2D eigenvalue weighted by Gasteiger charge is -1.99. The fourth-order valence-electron chi connectivity index (χ4n) is 0.922. The van der Waals surface area contributed by atoms with E-state index in [1.807, 2.05) is 6.92 Å². The van der Waals surface area contributed by atoms with Gasteiger partial charge >= 0.3 is 0 Å². The van der Waals surface area contributed by atoms with Crippen molar-refractivity contribution in [2.24, 2.45) is 5.73 Å². The molecule has 1 heterocycles. The second kappa shape index (κ2) is 4.01. The Kier molecular flexibility index (Phi) is 2.99. The number of aldehydes is 1. The van der Waals surface area contributed by atoms with Crippen LogP contribution in [0.1, 0.15) is 30.7 Å². The highest BCUT2D eigenvalue weighted by molar-refractivity contribution is 5.51. The maximum Gasteiger partial charge on any atom is 0.150 e. The molecule has 4 nitrogen and oxygen atoms in total. The van der Waals surface area contributed by atoms with Gasteiger partial charge in [-0.05, 0) is 0 Å². The first-order valence-corrected chi connectivity index (χ1v) is 3.87. The van der Waals surface area contributed by atoms with Crippen molar-refractivity contribution in [2.45, 2.75) is 25.8 Å². The number of nitrogens with zero attached hydrogens (tertiary/aromatic N) is 1. The first-order valence-electron chi connectivity index (χ1n) is 3.87. The molecular formula is C8H12N2O2. The Morgan fingerprint density at radius 2 is 2.58 bits per heavy atom. The van der Waals surface area contributed by atoms with E-state index in [9.17, 15) is 4.79 Å². The molecule has 0 fully saturated rings. The van der Waals surface area contributed by atoms with Gasteiger partial charge in [-0.15, -0.1) is 0 Å². The molecule has 0 saturated heterocycles. The van der Waals surface area contributed by atoms with Crippen molar-refractivity contribution >= 4 is 6.29 Å². The first-order chi connectivity index (χ1) is 5.77. The topological polar surface area (TPSA) is 69.1 Å². The largest absolute Gasteiger partial charge is 0.360 e. The molecule has 1 atom stereocenters. The molecule has 0 amide bonds. The van der Waals surface area contributed by atoms with Crippen molar-refractivity contribution in [1.82, 2.24) is 5.16 Å². The summed E-state index contributed by atoms with van der Waals surface area (Å²) < 4.78 is 4.89. The summed E-state index contributed by atoms with van der Waals surface area (Å²) in [5.74, 6) is 0.772. The summed E-state index contributed by atoms with van der Waals surface area (Å²) in [5.41, 5.74) is 6.13. The van der Waals surface area contributed by atoms with Gasteiger partial charge in [-0.2, -0.15) is 0 Å². The quantitative estimate of drug-likeness (QED) is 0.676. The van der Waals surface area contributed by atoms with Crippen LogP contribution in [0.25, 0.3) is 0 Å². The van der Waals surface area contributed by atoms with E-state index in [0.29, 0.717) is 18.7 Å². The smallest absolute Gasteiger partial charge is 0.150 e. The molecule has 4 heteroatoms. The predicted octanol–water partition coefficient (Wildman–Crippen LogP) is 0.826. The van der Waals surface area contributed by atoms with E-state index < -0.39 is 0 Å². The number of hydrogen-bond acceptors (Lipinski definition) is 4. The molecule has 1 unspecified atom stereocenters. The molecule has 66 valence electrons. The Balaban J connectivity index is 2.67. The van der Waals surface area contributed by atoms with Crippen LogP contribution in [-0.2, 0) is 11.3 Å². The molecule has 1 rings (SSSR count). The summed E-state index contributed by atoms with van der Waals surface area (Å²) in [6.45, 7) is 2.27. The third kappa shape index (κ3) is 1.92. The third-order valence-corrected chi connectivity index (χ3v) is 1.73. The molecule has 0 aliphatic heterocycles. The van der Waals surface area contributed by atoms with Gasteiger partial charge in [0, 0.05) is 18.4 Å². The van der Waals surface area contributed by atoms with Crippen LogP contribution in [0, 0.1) is 0 Å². The predicted molar refractivity (Wildman–Crippen MR) is 43.5 cm³/mol. The molecule has 2 N–H and O–H groups in total. The molecule has 1 aromatic rings. The van der Waals surface area contributed by atoms with Gasteiger partial charge in [-0.25, -0.2) is 0 Å². The third-order valence-electron chi connectivity index (χ3n) is 1.73. The zero-order chi connectivity index (χ0) is 8.97. The fourth-order valence-corrected chi connectivity index (χ4v) is 0.922. The van der Waals surface area contributed by atoms with Crippen LogP contribution in [-0.4, -0.2) is 11.4 Å². The molecule has 0 saturated carbocycles. The highest BCUT2D eigenvalue weighted by Crippen LogP contribution is 2.16. The number of carbonyl (C=O) groups excluding carboxylic acids is 1. The van der Waals surface area contributed by atoms with E-state index in [2.05, 4.69) is 5.16 Å². The van der Waals surface area contributed by atoms with Crippen molar-refractivity contribution < 1.29 is 9.32 Å². The lowest BCUT2D eigenvalue weighted by molar-refractivity contribution is -0.108. The molecule has 0 aliphatic rings. The lowest BCUT2D eigenvalue weighted by atomic mass is 10.1. The van der Waals surface area contributed by atoms with E-state index in [4.69, 9.17) is 10.3 Å². The van der Waals surface area contributed by atoms with Crippen molar-refractivity contribution in [1.29, 1.82) is 0 Å². The van der Waals surface area contributed by atoms with E-state index in [-0.39, 0.29) is 5.92 Å². The Labute approximate surface area is 70.7 Å². The lowest BCUT2D eigenvalue weighted by Crippen LogP contribution is -1.95. The number of hydrogen-bond donors (Lipinski definition) is 1. The van der Waals surface area contributed by atoms with Crippen LogP contribution in [0.5, 0.6) is 0 Å². The summed E-state index contributed by atoms with van der Waals surface area (Å²) in [6.07, 6.45) is 1.35. The van der Waals surface area contributed by atoms with Crippen molar-refractivity contribution in [3.05, 3.63) is 17.5 Å². The van der Waals surface area contributed by atoms with E-state index in [0.717, 1.165) is 12.0 Å². The highest BCUT2D eigenvalue weighted by Gasteiger charge is 2.09. The summed E-state index contributed by atoms with van der Waals surface area (Å²) >= 11 is 0. The molecule has 0 radical (unpaired) electrons. The van der Waals surface area contributed by atoms with Gasteiger partial charge in [0.25, 0.3) is 0 Å². The van der Waals surface area contributed by atoms with Gasteiger partial charge in [-0.1, -0.05) is 12.1 Å². The number of rotatable bonds is 4. The highest BCUT2D eigenvalue weighted by atomic mass is 16.5. The minimum absolute atomic E-state index is 0.117. The number of aromatic nitrogens is 1. The van der Waals surface area contributed by atoms with E-state index in [1.165, 1.54) is 0 Å². The summed E-state index contributed by atoms with van der Waals surface area (Å²) in [4.78, 5) is 10.2. The second-order valence-electron chi connectivity index (χ2n) is 2.73. The Morgan fingerprint density at radius 1 is 1.83 bits per heavy atom. The summed E-state index contributed by atoms with van der Waals surface area (Å²) in [6, 6.07) is 1.79. The van der Waals surface area contributed by atoms with Gasteiger partial charge in [0.15, 0.2) is 5.76 Å². The van der Waals surface area contributed by atoms with Crippen molar-refractivity contribution in [3.8, 4) is 0 Å². The monoisotopic (exact) mass is 168 g/mol. The van der Waals surface area contributed by atoms with E-state index >= 15 is 0 Å². The molecular weight excluding hydrogens is 156 g/mol. The summed E-state index contributed by atoms with van der Waals surface area (Å²) in [7, 11) is 0. The zero-order valence-corrected chi connectivity index (χ0v) is 6.99. The molecule has 12 heavy (non-hydrogen) atoms. The Bertz CT molecular complexity index is 257.